The lowest BCUT2D eigenvalue weighted by Crippen LogP contribution is -2.07. The Bertz CT molecular complexity index is 608. The van der Waals surface area contributed by atoms with Gasteiger partial charge in [0.15, 0.2) is 5.78 Å². The molecule has 5 heteroatoms. The molecule has 0 unspecified atom stereocenters. The van der Waals surface area contributed by atoms with Crippen molar-refractivity contribution in [3.05, 3.63) is 75.8 Å². The summed E-state index contributed by atoms with van der Waals surface area (Å²) < 4.78 is 0. The Balaban J connectivity index is 2.06. The van der Waals surface area contributed by atoms with Gasteiger partial charge in [-0.15, -0.1) is 0 Å². The Hall–Kier alpha value is -2.53. The van der Waals surface area contributed by atoms with E-state index < -0.39 is 11.0 Å². The fourth-order valence-electron chi connectivity index (χ4n) is 1.85. The standard InChI is InChI=1S/C15H13NO4/c17-14(11-4-2-1-3-5-11)10-15(18)12-6-8-13(9-7-12)16(19)20/h1-9,15,18H,10H2/t15-/m1/s1. The normalized spacial score (nSPS) is 11.8. The highest BCUT2D eigenvalue weighted by atomic mass is 16.6. The van der Waals surface area contributed by atoms with E-state index in [4.69, 9.17) is 0 Å². The van der Waals surface area contributed by atoms with Crippen LogP contribution in [-0.4, -0.2) is 15.8 Å². The Morgan fingerprint density at radius 3 is 2.25 bits per heavy atom. The first-order valence-electron chi connectivity index (χ1n) is 6.08. The molecular weight excluding hydrogens is 258 g/mol. The lowest BCUT2D eigenvalue weighted by Gasteiger charge is -2.10. The molecule has 0 aliphatic carbocycles. The molecule has 0 amide bonds. The molecule has 0 aromatic heterocycles. The molecule has 2 aromatic rings. The van der Waals surface area contributed by atoms with Crippen LogP contribution in [0.15, 0.2) is 54.6 Å². The number of nitro groups is 1. The Morgan fingerprint density at radius 1 is 1.10 bits per heavy atom. The summed E-state index contributed by atoms with van der Waals surface area (Å²) in [5.41, 5.74) is 0.976. The van der Waals surface area contributed by atoms with Crippen LogP contribution < -0.4 is 0 Å². The number of Topliss-reactive ketones (excluding diaryl/α,β-unsaturated/α-hetero) is 1. The van der Waals surface area contributed by atoms with E-state index in [1.807, 2.05) is 6.07 Å². The van der Waals surface area contributed by atoms with Crippen molar-refractivity contribution in [1.29, 1.82) is 0 Å². The molecule has 2 rings (SSSR count). The fraction of sp³-hybridized carbons (Fsp3) is 0.133. The largest absolute Gasteiger partial charge is 0.388 e. The van der Waals surface area contributed by atoms with Gasteiger partial charge in [-0.2, -0.15) is 0 Å². The highest BCUT2D eigenvalue weighted by Crippen LogP contribution is 2.21. The first-order valence-corrected chi connectivity index (χ1v) is 6.08. The van der Waals surface area contributed by atoms with Crippen LogP contribution in [0.3, 0.4) is 0 Å². The zero-order valence-electron chi connectivity index (χ0n) is 10.6. The van der Waals surface area contributed by atoms with Crippen molar-refractivity contribution in [2.45, 2.75) is 12.5 Å². The number of benzene rings is 2. The molecule has 5 nitrogen and oxygen atoms in total. The highest BCUT2D eigenvalue weighted by molar-refractivity contribution is 5.96. The molecule has 102 valence electrons. The maximum atomic E-state index is 11.9. The number of hydrogen-bond donors (Lipinski definition) is 1. The maximum Gasteiger partial charge on any atom is 0.269 e. The van der Waals surface area contributed by atoms with Crippen molar-refractivity contribution >= 4 is 11.5 Å². The van der Waals surface area contributed by atoms with Gasteiger partial charge in [-0.25, -0.2) is 0 Å². The molecule has 20 heavy (non-hydrogen) atoms. The number of ketones is 1. The summed E-state index contributed by atoms with van der Waals surface area (Å²) in [6.45, 7) is 0. The van der Waals surface area contributed by atoms with Crippen LogP contribution >= 0.6 is 0 Å². The summed E-state index contributed by atoms with van der Waals surface area (Å²) >= 11 is 0. The van der Waals surface area contributed by atoms with Crippen molar-refractivity contribution in [2.75, 3.05) is 0 Å². The molecule has 0 saturated carbocycles. The van der Waals surface area contributed by atoms with Gasteiger partial charge in [0.2, 0.25) is 0 Å². The SMILES string of the molecule is O=C(C[C@@H](O)c1ccc([N+](=O)[O-])cc1)c1ccccc1. The smallest absolute Gasteiger partial charge is 0.269 e. The number of carbonyl (C=O) groups is 1. The van der Waals surface area contributed by atoms with Gasteiger partial charge in [-0.05, 0) is 17.7 Å². The third-order valence-electron chi connectivity index (χ3n) is 2.96. The molecule has 0 heterocycles. The van der Waals surface area contributed by atoms with Gasteiger partial charge in [-0.1, -0.05) is 30.3 Å². The molecule has 0 radical (unpaired) electrons. The predicted octanol–water partition coefficient (Wildman–Crippen LogP) is 2.90. The molecule has 2 aromatic carbocycles. The fourth-order valence-corrected chi connectivity index (χ4v) is 1.85. The number of hydrogen-bond acceptors (Lipinski definition) is 4. The van der Waals surface area contributed by atoms with Gasteiger partial charge in [0, 0.05) is 24.1 Å². The minimum atomic E-state index is -0.969. The van der Waals surface area contributed by atoms with Gasteiger partial charge in [-0.3, -0.25) is 14.9 Å². The van der Waals surface area contributed by atoms with Crippen molar-refractivity contribution in [3.8, 4) is 0 Å². The zero-order valence-corrected chi connectivity index (χ0v) is 10.6. The molecule has 0 saturated heterocycles. The highest BCUT2D eigenvalue weighted by Gasteiger charge is 2.15. The van der Waals surface area contributed by atoms with Crippen LogP contribution in [0.2, 0.25) is 0 Å². The molecule has 0 aliphatic rings. The predicted molar refractivity (Wildman–Crippen MR) is 73.4 cm³/mol. The Labute approximate surface area is 115 Å². The van der Waals surface area contributed by atoms with E-state index in [1.54, 1.807) is 24.3 Å². The third-order valence-corrected chi connectivity index (χ3v) is 2.96. The van der Waals surface area contributed by atoms with Crippen LogP contribution in [0.4, 0.5) is 5.69 Å². The van der Waals surface area contributed by atoms with E-state index in [1.165, 1.54) is 24.3 Å². The quantitative estimate of drug-likeness (QED) is 0.515. The van der Waals surface area contributed by atoms with Gasteiger partial charge in [0.1, 0.15) is 0 Å². The van der Waals surface area contributed by atoms with Crippen molar-refractivity contribution < 1.29 is 14.8 Å². The second kappa shape index (κ2) is 6.08. The lowest BCUT2D eigenvalue weighted by atomic mass is 10.00. The lowest BCUT2D eigenvalue weighted by molar-refractivity contribution is -0.384. The molecule has 0 fully saturated rings. The Kier molecular flexibility index (Phi) is 4.22. The van der Waals surface area contributed by atoms with Crippen LogP contribution in [-0.2, 0) is 0 Å². The van der Waals surface area contributed by atoms with E-state index in [0.717, 1.165) is 0 Å². The monoisotopic (exact) mass is 271 g/mol. The van der Waals surface area contributed by atoms with Crippen LogP contribution in [0.1, 0.15) is 28.4 Å². The number of non-ortho nitro benzene ring substituents is 1. The summed E-state index contributed by atoms with van der Waals surface area (Å²) in [7, 11) is 0. The number of aliphatic hydroxyl groups is 1. The third kappa shape index (κ3) is 3.27. The number of rotatable bonds is 5. The average molecular weight is 271 g/mol. The second-order valence-corrected chi connectivity index (χ2v) is 4.36. The van der Waals surface area contributed by atoms with Crippen LogP contribution in [0.25, 0.3) is 0 Å². The van der Waals surface area contributed by atoms with Gasteiger partial charge >= 0.3 is 0 Å². The minimum Gasteiger partial charge on any atom is -0.388 e. The molecule has 0 aliphatic heterocycles. The summed E-state index contributed by atoms with van der Waals surface area (Å²) in [6, 6.07) is 14.2. The van der Waals surface area contributed by atoms with Crippen LogP contribution in [0.5, 0.6) is 0 Å². The molecule has 1 atom stereocenters. The first kappa shape index (κ1) is 13.9. The molecule has 0 bridgehead atoms. The topological polar surface area (TPSA) is 80.4 Å². The van der Waals surface area contributed by atoms with Crippen molar-refractivity contribution in [1.82, 2.24) is 0 Å². The van der Waals surface area contributed by atoms with Gasteiger partial charge in [0.25, 0.3) is 5.69 Å². The second-order valence-electron chi connectivity index (χ2n) is 4.36. The number of carbonyl (C=O) groups excluding carboxylic acids is 1. The van der Waals surface area contributed by atoms with Crippen molar-refractivity contribution in [2.24, 2.45) is 0 Å². The number of nitro benzene ring substituents is 1. The van der Waals surface area contributed by atoms with Gasteiger partial charge < -0.3 is 5.11 Å². The van der Waals surface area contributed by atoms with E-state index in [9.17, 15) is 20.0 Å². The summed E-state index contributed by atoms with van der Waals surface area (Å²) in [5.74, 6) is -0.170. The molecule has 1 N–H and O–H groups in total. The average Bonchev–Trinajstić information content (AvgIpc) is 2.48. The molecule has 0 spiro atoms. The minimum absolute atomic E-state index is 0.0460. The number of nitrogens with zero attached hydrogens (tertiary/aromatic N) is 1. The number of aliphatic hydroxyl groups excluding tert-OH is 1. The van der Waals surface area contributed by atoms with E-state index in [-0.39, 0.29) is 17.9 Å². The summed E-state index contributed by atoms with van der Waals surface area (Å²) in [6.07, 6.45) is -1.02. The first-order chi connectivity index (χ1) is 9.58. The van der Waals surface area contributed by atoms with E-state index >= 15 is 0 Å². The molecular formula is C15H13NO4. The Morgan fingerprint density at radius 2 is 1.70 bits per heavy atom. The van der Waals surface area contributed by atoms with E-state index in [0.29, 0.717) is 11.1 Å². The summed E-state index contributed by atoms with van der Waals surface area (Å²) in [5, 5.41) is 20.5. The van der Waals surface area contributed by atoms with E-state index in [2.05, 4.69) is 0 Å². The van der Waals surface area contributed by atoms with Gasteiger partial charge in [0.05, 0.1) is 11.0 Å². The zero-order chi connectivity index (χ0) is 14.5. The van der Waals surface area contributed by atoms with Crippen molar-refractivity contribution in [3.63, 3.8) is 0 Å². The maximum absolute atomic E-state index is 11.9. The summed E-state index contributed by atoms with van der Waals surface area (Å²) in [4.78, 5) is 22.0. The van der Waals surface area contributed by atoms with Crippen LogP contribution in [0, 0.1) is 10.1 Å².